The molecule has 2 aromatic rings. The van der Waals surface area contributed by atoms with Crippen LogP contribution in [-0.4, -0.2) is 14.2 Å². The van der Waals surface area contributed by atoms with E-state index in [1.807, 2.05) is 39.0 Å². The van der Waals surface area contributed by atoms with Gasteiger partial charge in [0.1, 0.15) is 0 Å². The number of aryl methyl sites for hydroxylation is 3. The van der Waals surface area contributed by atoms with Crippen molar-refractivity contribution < 1.29 is 8.42 Å². The zero-order chi connectivity index (χ0) is 15.6. The second kappa shape index (κ2) is 6.00. The van der Waals surface area contributed by atoms with Gasteiger partial charge in [-0.15, -0.1) is 0 Å². The fraction of sp³-hybridized carbons (Fsp3) is 0.294. The topological polar surface area (TPSA) is 60.2 Å². The molecule has 0 amide bonds. The van der Waals surface area contributed by atoms with Gasteiger partial charge < -0.3 is 5.73 Å². The molecule has 2 rings (SSSR count). The van der Waals surface area contributed by atoms with Crippen LogP contribution in [-0.2, 0) is 9.84 Å². The maximum Gasteiger partial charge on any atom is 0.180 e. The van der Waals surface area contributed by atoms with Crippen molar-refractivity contribution >= 4 is 9.84 Å². The summed E-state index contributed by atoms with van der Waals surface area (Å²) in [7, 11) is -3.37. The average Bonchev–Trinajstić information content (AvgIpc) is 2.41. The summed E-state index contributed by atoms with van der Waals surface area (Å²) in [5, 5.41) is 0. The lowest BCUT2D eigenvalue weighted by molar-refractivity contribution is 0.589. The zero-order valence-corrected chi connectivity index (χ0v) is 13.4. The Morgan fingerprint density at radius 2 is 1.57 bits per heavy atom. The van der Waals surface area contributed by atoms with Gasteiger partial charge in [-0.25, -0.2) is 8.42 Å². The van der Waals surface area contributed by atoms with E-state index in [4.69, 9.17) is 5.73 Å². The molecule has 0 aliphatic rings. The van der Waals surface area contributed by atoms with Crippen molar-refractivity contribution in [3.05, 3.63) is 64.7 Å². The summed E-state index contributed by atoms with van der Waals surface area (Å²) < 4.78 is 24.8. The van der Waals surface area contributed by atoms with E-state index in [9.17, 15) is 8.42 Å². The van der Waals surface area contributed by atoms with Crippen LogP contribution in [0.2, 0.25) is 0 Å². The minimum atomic E-state index is -3.37. The van der Waals surface area contributed by atoms with Gasteiger partial charge in [-0.05, 0) is 49.6 Å². The molecule has 112 valence electrons. The fourth-order valence-corrected chi connectivity index (χ4v) is 3.58. The Morgan fingerprint density at radius 1 is 0.952 bits per heavy atom. The lowest BCUT2D eigenvalue weighted by Crippen LogP contribution is -2.22. The molecule has 0 saturated heterocycles. The van der Waals surface area contributed by atoms with Crippen molar-refractivity contribution in [2.75, 3.05) is 5.75 Å². The molecule has 0 spiro atoms. The maximum atomic E-state index is 12.4. The average molecular weight is 303 g/mol. The highest BCUT2D eigenvalue weighted by Gasteiger charge is 2.20. The molecule has 2 N–H and O–H groups in total. The largest absolute Gasteiger partial charge is 0.323 e. The van der Waals surface area contributed by atoms with E-state index in [-0.39, 0.29) is 5.75 Å². The van der Waals surface area contributed by atoms with E-state index >= 15 is 0 Å². The predicted molar refractivity (Wildman–Crippen MR) is 86.1 cm³/mol. The van der Waals surface area contributed by atoms with Gasteiger partial charge >= 0.3 is 0 Å². The standard InChI is InChI=1S/C17H21NO2S/c1-12-4-8-16(9-5-12)21(19,20)11-17(18)15-7-6-13(2)14(3)10-15/h4-10,17H,11,18H2,1-3H3. The van der Waals surface area contributed by atoms with Crippen molar-refractivity contribution in [1.29, 1.82) is 0 Å². The first-order valence-electron chi connectivity index (χ1n) is 6.92. The SMILES string of the molecule is Cc1ccc(S(=O)(=O)CC(N)c2ccc(C)c(C)c2)cc1. The van der Waals surface area contributed by atoms with Crippen LogP contribution in [0, 0.1) is 20.8 Å². The van der Waals surface area contributed by atoms with Crippen molar-refractivity contribution in [3.63, 3.8) is 0 Å². The second-order valence-corrected chi connectivity index (χ2v) is 7.58. The molecule has 0 aliphatic carbocycles. The Bertz CT molecular complexity index is 734. The minimum Gasteiger partial charge on any atom is -0.323 e. The number of hydrogen-bond acceptors (Lipinski definition) is 3. The maximum absolute atomic E-state index is 12.4. The molecule has 1 unspecified atom stereocenters. The summed E-state index contributed by atoms with van der Waals surface area (Å²) in [5.41, 5.74) is 10.3. The van der Waals surface area contributed by atoms with Crippen LogP contribution in [0.4, 0.5) is 0 Å². The summed E-state index contributed by atoms with van der Waals surface area (Å²) in [6.07, 6.45) is 0. The normalized spacial score (nSPS) is 13.1. The van der Waals surface area contributed by atoms with Gasteiger partial charge in [0, 0.05) is 6.04 Å². The van der Waals surface area contributed by atoms with Crippen molar-refractivity contribution in [2.45, 2.75) is 31.7 Å². The van der Waals surface area contributed by atoms with E-state index in [0.29, 0.717) is 4.90 Å². The van der Waals surface area contributed by atoms with Gasteiger partial charge in [-0.1, -0.05) is 35.9 Å². The smallest absolute Gasteiger partial charge is 0.180 e. The molecule has 0 aliphatic heterocycles. The molecule has 0 aromatic heterocycles. The number of nitrogens with two attached hydrogens (primary N) is 1. The molecule has 0 saturated carbocycles. The molecule has 4 heteroatoms. The van der Waals surface area contributed by atoms with Crippen LogP contribution in [0.1, 0.15) is 28.3 Å². The molecule has 0 heterocycles. The Kier molecular flexibility index (Phi) is 4.49. The molecular weight excluding hydrogens is 282 g/mol. The van der Waals surface area contributed by atoms with Gasteiger partial charge in [0.15, 0.2) is 9.84 Å². The fourth-order valence-electron chi connectivity index (χ4n) is 2.17. The molecule has 3 nitrogen and oxygen atoms in total. The molecule has 21 heavy (non-hydrogen) atoms. The van der Waals surface area contributed by atoms with Crippen molar-refractivity contribution in [1.82, 2.24) is 0 Å². The van der Waals surface area contributed by atoms with Gasteiger partial charge in [-0.2, -0.15) is 0 Å². The Hall–Kier alpha value is -1.65. The van der Waals surface area contributed by atoms with E-state index in [1.165, 1.54) is 5.56 Å². The molecule has 2 aromatic carbocycles. The molecule has 0 radical (unpaired) electrons. The van der Waals surface area contributed by atoms with Crippen LogP contribution < -0.4 is 5.73 Å². The first kappa shape index (κ1) is 15.7. The van der Waals surface area contributed by atoms with Gasteiger partial charge in [0.05, 0.1) is 10.6 Å². The summed E-state index contributed by atoms with van der Waals surface area (Å²) in [6.45, 7) is 5.95. The van der Waals surface area contributed by atoms with Crippen LogP contribution in [0.5, 0.6) is 0 Å². The lowest BCUT2D eigenvalue weighted by Gasteiger charge is -2.14. The molecule has 1 atom stereocenters. The third-order valence-electron chi connectivity index (χ3n) is 3.74. The first-order chi connectivity index (χ1) is 9.79. The van der Waals surface area contributed by atoms with E-state index in [2.05, 4.69) is 0 Å². The highest BCUT2D eigenvalue weighted by atomic mass is 32.2. The van der Waals surface area contributed by atoms with Crippen molar-refractivity contribution in [2.24, 2.45) is 5.73 Å². The quantitative estimate of drug-likeness (QED) is 0.944. The van der Waals surface area contributed by atoms with Crippen LogP contribution in [0.3, 0.4) is 0 Å². The Morgan fingerprint density at radius 3 is 2.14 bits per heavy atom. The number of hydrogen-bond donors (Lipinski definition) is 1. The highest BCUT2D eigenvalue weighted by molar-refractivity contribution is 7.91. The minimum absolute atomic E-state index is 0.0848. The summed E-state index contributed by atoms with van der Waals surface area (Å²) in [6, 6.07) is 12.2. The molecular formula is C17H21NO2S. The third-order valence-corrected chi connectivity index (χ3v) is 5.53. The molecule has 0 bridgehead atoms. The van der Waals surface area contributed by atoms with E-state index in [0.717, 1.165) is 16.7 Å². The summed E-state index contributed by atoms with van der Waals surface area (Å²) in [4.78, 5) is 0.326. The predicted octanol–water partition coefficient (Wildman–Crippen LogP) is 3.09. The monoisotopic (exact) mass is 303 g/mol. The number of sulfone groups is 1. The third kappa shape index (κ3) is 3.71. The van der Waals surface area contributed by atoms with Crippen LogP contribution in [0.25, 0.3) is 0 Å². The van der Waals surface area contributed by atoms with Gasteiger partial charge in [0.25, 0.3) is 0 Å². The first-order valence-corrected chi connectivity index (χ1v) is 8.57. The van der Waals surface area contributed by atoms with Crippen LogP contribution in [0.15, 0.2) is 47.4 Å². The lowest BCUT2D eigenvalue weighted by atomic mass is 10.0. The number of benzene rings is 2. The van der Waals surface area contributed by atoms with Crippen LogP contribution >= 0.6 is 0 Å². The van der Waals surface area contributed by atoms with Gasteiger partial charge in [-0.3, -0.25) is 0 Å². The Labute approximate surface area is 126 Å². The summed E-state index contributed by atoms with van der Waals surface area (Å²) >= 11 is 0. The Balaban J connectivity index is 2.23. The zero-order valence-electron chi connectivity index (χ0n) is 12.6. The number of rotatable bonds is 4. The van der Waals surface area contributed by atoms with E-state index < -0.39 is 15.9 Å². The van der Waals surface area contributed by atoms with Gasteiger partial charge in [0.2, 0.25) is 0 Å². The van der Waals surface area contributed by atoms with E-state index in [1.54, 1.807) is 24.3 Å². The highest BCUT2D eigenvalue weighted by Crippen LogP contribution is 2.20. The molecule has 0 fully saturated rings. The summed E-state index contributed by atoms with van der Waals surface area (Å²) in [5.74, 6) is -0.0848. The van der Waals surface area contributed by atoms with Crippen molar-refractivity contribution in [3.8, 4) is 0 Å². The second-order valence-electron chi connectivity index (χ2n) is 5.54.